The second-order valence-electron chi connectivity index (χ2n) is 10.2. The standard InChI is InChI=1S/C22H39ClN2O6Si2/c1-12(2)32(31-33(13(3)4,14(5)6)15(7)8)22(16(9)19(27)18(11-26)30-22)25-10-17(23)20(28)24-21(25)29/h10,12-15,18-19,26-27,32H,9,11H2,1-8H3,(H,24,28,29)/t18-,19+,22+,32?/m1/s1. The van der Waals surface area contributed by atoms with Crippen LogP contribution in [0.5, 0.6) is 0 Å². The minimum absolute atomic E-state index is 0.0490. The molecule has 0 bridgehead atoms. The molecule has 3 N–H and O–H groups in total. The van der Waals surface area contributed by atoms with Crippen molar-refractivity contribution >= 4 is 29.0 Å². The van der Waals surface area contributed by atoms with Gasteiger partial charge in [0.25, 0.3) is 5.56 Å². The van der Waals surface area contributed by atoms with Crippen molar-refractivity contribution < 1.29 is 19.1 Å². The summed E-state index contributed by atoms with van der Waals surface area (Å²) in [6, 6.07) is 0. The Morgan fingerprint density at radius 3 is 2.12 bits per heavy atom. The van der Waals surface area contributed by atoms with Crippen LogP contribution in [0.25, 0.3) is 0 Å². The molecule has 1 fully saturated rings. The molecule has 1 aliphatic heterocycles. The summed E-state index contributed by atoms with van der Waals surface area (Å²) in [4.78, 5) is 27.3. The smallest absolute Gasteiger partial charge is 0.330 e. The van der Waals surface area contributed by atoms with Crippen LogP contribution >= 0.6 is 11.6 Å². The molecule has 1 aliphatic rings. The van der Waals surface area contributed by atoms with Gasteiger partial charge in [0.2, 0.25) is 9.04 Å². The number of aromatic nitrogens is 2. The first-order valence-corrected chi connectivity index (χ1v) is 15.8. The molecule has 33 heavy (non-hydrogen) atoms. The van der Waals surface area contributed by atoms with Gasteiger partial charge in [0, 0.05) is 11.8 Å². The Bertz CT molecular complexity index is 955. The van der Waals surface area contributed by atoms with Crippen LogP contribution in [-0.2, 0) is 14.2 Å². The third kappa shape index (κ3) is 4.63. The maximum Gasteiger partial charge on any atom is 0.330 e. The summed E-state index contributed by atoms with van der Waals surface area (Å²) in [6.45, 7) is 20.7. The van der Waals surface area contributed by atoms with Crippen molar-refractivity contribution in [2.24, 2.45) is 0 Å². The van der Waals surface area contributed by atoms with Crippen molar-refractivity contribution in [3.05, 3.63) is 44.2 Å². The Morgan fingerprint density at radius 1 is 1.21 bits per heavy atom. The highest BCUT2D eigenvalue weighted by Crippen LogP contribution is 2.49. The van der Waals surface area contributed by atoms with Gasteiger partial charge >= 0.3 is 5.69 Å². The minimum atomic E-state index is -2.68. The zero-order valence-corrected chi connectivity index (χ0v) is 23.8. The Morgan fingerprint density at radius 2 is 1.73 bits per heavy atom. The quantitative estimate of drug-likeness (QED) is 0.342. The largest absolute Gasteiger partial charge is 0.453 e. The van der Waals surface area contributed by atoms with Crippen molar-refractivity contribution in [3.63, 3.8) is 0 Å². The molecule has 0 radical (unpaired) electrons. The van der Waals surface area contributed by atoms with Crippen molar-refractivity contribution in [3.8, 4) is 0 Å². The average Bonchev–Trinajstić information content (AvgIpc) is 2.96. The zero-order valence-electron chi connectivity index (χ0n) is 20.9. The molecule has 2 rings (SSSR count). The first-order valence-electron chi connectivity index (χ1n) is 11.5. The second-order valence-corrected chi connectivity index (χ2v) is 19.7. The monoisotopic (exact) mass is 518 g/mol. The van der Waals surface area contributed by atoms with E-state index in [0.717, 1.165) is 0 Å². The van der Waals surface area contributed by atoms with Crippen LogP contribution in [0.1, 0.15) is 55.4 Å². The molecule has 0 aliphatic carbocycles. The van der Waals surface area contributed by atoms with Gasteiger partial charge in [-0.2, -0.15) is 0 Å². The Labute approximate surface area is 203 Å². The third-order valence-electron chi connectivity index (χ3n) is 6.97. The van der Waals surface area contributed by atoms with Gasteiger partial charge in [0.1, 0.15) is 17.2 Å². The molecule has 8 nitrogen and oxygen atoms in total. The number of nitrogens with zero attached hydrogens (tertiary/aromatic N) is 1. The van der Waals surface area contributed by atoms with Crippen molar-refractivity contribution in [1.82, 2.24) is 9.55 Å². The molecule has 2 heterocycles. The van der Waals surface area contributed by atoms with E-state index in [9.17, 15) is 19.8 Å². The van der Waals surface area contributed by atoms with E-state index >= 15 is 0 Å². The summed E-state index contributed by atoms with van der Waals surface area (Å²) in [5.74, 6) is 0. The summed E-state index contributed by atoms with van der Waals surface area (Å²) in [7, 11) is -5.13. The number of ether oxygens (including phenoxy) is 1. The zero-order chi connectivity index (χ0) is 25.5. The van der Waals surface area contributed by atoms with Crippen LogP contribution in [0.15, 0.2) is 27.9 Å². The number of aliphatic hydroxyl groups excluding tert-OH is 2. The maximum absolute atomic E-state index is 13.1. The predicted molar refractivity (Wildman–Crippen MR) is 136 cm³/mol. The van der Waals surface area contributed by atoms with E-state index in [0.29, 0.717) is 0 Å². The van der Waals surface area contributed by atoms with E-state index in [-0.39, 0.29) is 32.8 Å². The number of halogens is 1. The number of aliphatic hydroxyl groups is 2. The normalized spacial score (nSPS) is 25.1. The lowest BCUT2D eigenvalue weighted by Crippen LogP contribution is -2.63. The van der Waals surface area contributed by atoms with Gasteiger partial charge in [-0.1, -0.05) is 73.6 Å². The summed E-state index contributed by atoms with van der Waals surface area (Å²) < 4.78 is 14.8. The molecule has 4 atom stereocenters. The second kappa shape index (κ2) is 10.3. The van der Waals surface area contributed by atoms with Crippen LogP contribution < -0.4 is 11.2 Å². The highest BCUT2D eigenvalue weighted by Gasteiger charge is 2.61. The molecule has 11 heteroatoms. The third-order valence-corrected chi connectivity index (χ3v) is 18.1. The lowest BCUT2D eigenvalue weighted by molar-refractivity contribution is -0.0752. The van der Waals surface area contributed by atoms with Crippen molar-refractivity contribution in [2.75, 3.05) is 6.61 Å². The van der Waals surface area contributed by atoms with E-state index in [1.807, 2.05) is 13.8 Å². The van der Waals surface area contributed by atoms with Gasteiger partial charge in [-0.25, -0.2) is 4.79 Å². The fraction of sp³-hybridized carbons (Fsp3) is 0.727. The number of aromatic amines is 1. The van der Waals surface area contributed by atoms with Crippen LogP contribution in [0.3, 0.4) is 0 Å². The lowest BCUT2D eigenvalue weighted by Gasteiger charge is -2.50. The number of H-pyrrole nitrogens is 1. The van der Waals surface area contributed by atoms with Gasteiger partial charge in [-0.3, -0.25) is 14.3 Å². The Hall–Kier alpha value is -1.02. The molecule has 188 valence electrons. The Kier molecular flexibility index (Phi) is 8.82. The summed E-state index contributed by atoms with van der Waals surface area (Å²) >= 11 is 6.13. The van der Waals surface area contributed by atoms with E-state index in [1.165, 1.54) is 10.8 Å². The number of hydrogen-bond acceptors (Lipinski definition) is 6. The van der Waals surface area contributed by atoms with Gasteiger partial charge < -0.3 is 19.1 Å². The topological polar surface area (TPSA) is 114 Å². The molecular weight excluding hydrogens is 480 g/mol. The number of hydrogen-bond donors (Lipinski definition) is 3. The van der Waals surface area contributed by atoms with E-state index < -0.39 is 52.8 Å². The van der Waals surface area contributed by atoms with E-state index in [1.54, 1.807) is 0 Å². The van der Waals surface area contributed by atoms with Crippen molar-refractivity contribution in [1.29, 1.82) is 0 Å². The van der Waals surface area contributed by atoms with Gasteiger partial charge in [0.15, 0.2) is 13.7 Å². The summed E-state index contributed by atoms with van der Waals surface area (Å²) in [5.41, 5.74) is -0.449. The maximum atomic E-state index is 13.1. The lowest BCUT2D eigenvalue weighted by atomic mass is 10.1. The first kappa shape index (κ1) is 28.2. The van der Waals surface area contributed by atoms with Crippen LogP contribution in [-0.4, -0.2) is 55.9 Å². The van der Waals surface area contributed by atoms with Gasteiger partial charge in [-0.15, -0.1) is 0 Å². The number of rotatable bonds is 9. The number of nitrogens with one attached hydrogen (secondary N) is 1. The van der Waals surface area contributed by atoms with Crippen LogP contribution in [0.2, 0.25) is 27.2 Å². The summed E-state index contributed by atoms with van der Waals surface area (Å²) in [6.07, 6.45) is -0.964. The van der Waals surface area contributed by atoms with Crippen LogP contribution in [0.4, 0.5) is 0 Å². The van der Waals surface area contributed by atoms with Gasteiger partial charge in [0.05, 0.1) is 6.61 Å². The SMILES string of the molecule is C=C1[C@H](O)[C@@H](CO)O[C@]1(n1cc(Cl)c(=O)[nH]c1=O)[SiH](O[Si](C(C)C)(C(C)C)C(C)C)C(C)C. The molecule has 0 spiro atoms. The molecule has 0 aromatic carbocycles. The molecule has 1 saturated heterocycles. The highest BCUT2D eigenvalue weighted by atomic mass is 35.5. The minimum Gasteiger partial charge on any atom is -0.453 e. The highest BCUT2D eigenvalue weighted by molar-refractivity contribution is 6.84. The predicted octanol–water partition coefficient (Wildman–Crippen LogP) is 3.02. The Balaban J connectivity index is 2.90. The molecule has 1 unspecified atom stereocenters. The molecule has 0 saturated carbocycles. The molecule has 1 aromatic heterocycles. The van der Waals surface area contributed by atoms with E-state index in [2.05, 4.69) is 53.1 Å². The molecule has 0 amide bonds. The van der Waals surface area contributed by atoms with Crippen LogP contribution in [0, 0.1) is 0 Å². The molecule has 1 aromatic rings. The van der Waals surface area contributed by atoms with Gasteiger partial charge in [-0.05, 0) is 22.2 Å². The summed E-state index contributed by atoms with van der Waals surface area (Å²) in [5, 5.41) is 19.1. The average molecular weight is 519 g/mol. The fourth-order valence-electron chi connectivity index (χ4n) is 5.53. The fourth-order valence-corrected chi connectivity index (χ4v) is 18.6. The first-order chi connectivity index (χ1) is 15.2. The van der Waals surface area contributed by atoms with E-state index in [4.69, 9.17) is 20.5 Å². The van der Waals surface area contributed by atoms with Crippen molar-refractivity contribution in [2.45, 2.75) is 95.1 Å². The molecular formula is C22H39ClN2O6Si2.